The van der Waals surface area contributed by atoms with Gasteiger partial charge in [-0.2, -0.15) is 0 Å². The third-order valence-corrected chi connectivity index (χ3v) is 4.27. The van der Waals surface area contributed by atoms with Gasteiger partial charge in [-0.25, -0.2) is 9.37 Å². The van der Waals surface area contributed by atoms with Gasteiger partial charge in [0.15, 0.2) is 0 Å². The number of hydrogen-bond acceptors (Lipinski definition) is 4. The van der Waals surface area contributed by atoms with Crippen molar-refractivity contribution >= 4 is 11.3 Å². The zero-order valence-electron chi connectivity index (χ0n) is 11.9. The summed E-state index contributed by atoms with van der Waals surface area (Å²) in [5.41, 5.74) is 1.91. The van der Waals surface area contributed by atoms with Crippen molar-refractivity contribution in [2.24, 2.45) is 0 Å². The summed E-state index contributed by atoms with van der Waals surface area (Å²) in [6.07, 6.45) is 0. The summed E-state index contributed by atoms with van der Waals surface area (Å²) in [4.78, 5) is 5.78. The van der Waals surface area contributed by atoms with Crippen molar-refractivity contribution in [1.82, 2.24) is 10.3 Å². The molecule has 108 valence electrons. The molecule has 2 aromatic rings. The summed E-state index contributed by atoms with van der Waals surface area (Å²) >= 11 is 1.64. The molecule has 1 heterocycles. The molecular formula is C15H19FN2OS. The number of nitrogens with zero attached hydrogens (tertiary/aromatic N) is 1. The maximum Gasteiger partial charge on any atom is 0.123 e. The monoisotopic (exact) mass is 294 g/mol. The molecule has 1 aromatic carbocycles. The fourth-order valence-corrected chi connectivity index (χ4v) is 2.99. The Morgan fingerprint density at radius 3 is 2.80 bits per heavy atom. The third-order valence-electron chi connectivity index (χ3n) is 3.13. The number of hydrogen-bond donors (Lipinski definition) is 1. The lowest BCUT2D eigenvalue weighted by molar-refractivity contribution is 0.197. The van der Waals surface area contributed by atoms with E-state index >= 15 is 0 Å². The molecule has 1 aromatic heterocycles. The van der Waals surface area contributed by atoms with Crippen LogP contribution in [0.3, 0.4) is 0 Å². The van der Waals surface area contributed by atoms with Crippen LogP contribution in [0, 0.1) is 19.7 Å². The third kappa shape index (κ3) is 3.62. The Morgan fingerprint density at radius 1 is 1.40 bits per heavy atom. The Labute approximate surface area is 122 Å². The van der Waals surface area contributed by atoms with Gasteiger partial charge in [0.1, 0.15) is 10.8 Å². The number of halogens is 1. The van der Waals surface area contributed by atoms with Gasteiger partial charge in [0.05, 0.1) is 18.3 Å². The van der Waals surface area contributed by atoms with Crippen molar-refractivity contribution in [3.8, 4) is 0 Å². The average molecular weight is 294 g/mol. The Hall–Kier alpha value is -1.30. The van der Waals surface area contributed by atoms with Gasteiger partial charge >= 0.3 is 0 Å². The second kappa shape index (κ2) is 6.92. The molecule has 0 aliphatic heterocycles. The molecule has 0 saturated carbocycles. The first-order chi connectivity index (χ1) is 9.61. The Balaban J connectivity index is 2.28. The molecular weight excluding hydrogens is 275 g/mol. The van der Waals surface area contributed by atoms with E-state index in [4.69, 9.17) is 4.74 Å². The lowest BCUT2D eigenvalue weighted by Gasteiger charge is -2.17. The summed E-state index contributed by atoms with van der Waals surface area (Å²) in [5, 5.41) is 4.34. The minimum atomic E-state index is -0.231. The molecule has 0 saturated heterocycles. The van der Waals surface area contributed by atoms with Crippen molar-refractivity contribution in [1.29, 1.82) is 0 Å². The highest BCUT2D eigenvalue weighted by atomic mass is 32.1. The number of aryl methyl sites for hydroxylation is 2. The zero-order valence-corrected chi connectivity index (χ0v) is 12.8. The molecule has 5 heteroatoms. The summed E-state index contributed by atoms with van der Waals surface area (Å²) < 4.78 is 18.5. The molecule has 0 aliphatic carbocycles. The second-order valence-corrected chi connectivity index (χ2v) is 5.86. The van der Waals surface area contributed by atoms with Gasteiger partial charge in [-0.3, -0.25) is 0 Å². The average Bonchev–Trinajstić information content (AvgIpc) is 2.74. The molecule has 3 nitrogen and oxygen atoms in total. The van der Waals surface area contributed by atoms with Gasteiger partial charge in [-0.05, 0) is 31.5 Å². The first kappa shape index (κ1) is 15.1. The molecule has 0 fully saturated rings. The Kier molecular flexibility index (Phi) is 5.23. The molecule has 0 aliphatic rings. The van der Waals surface area contributed by atoms with E-state index < -0.39 is 0 Å². The maximum absolute atomic E-state index is 13.4. The standard InChI is InChI=1S/C15H19FN2OS/c1-10-11(2)20-15(18-10)14(17-7-8-19-3)12-5-4-6-13(16)9-12/h4-6,9,14,17H,7-8H2,1-3H3. The van der Waals surface area contributed by atoms with Crippen LogP contribution in [0.25, 0.3) is 0 Å². The lowest BCUT2D eigenvalue weighted by atomic mass is 10.1. The summed E-state index contributed by atoms with van der Waals surface area (Å²) in [7, 11) is 1.66. The number of benzene rings is 1. The number of nitrogens with one attached hydrogen (secondary N) is 1. The van der Waals surface area contributed by atoms with Crippen LogP contribution in [0.2, 0.25) is 0 Å². The number of rotatable bonds is 6. The van der Waals surface area contributed by atoms with Crippen LogP contribution in [0.5, 0.6) is 0 Å². The highest BCUT2D eigenvalue weighted by Crippen LogP contribution is 2.28. The van der Waals surface area contributed by atoms with Crippen molar-refractivity contribution in [3.05, 3.63) is 51.2 Å². The highest BCUT2D eigenvalue weighted by Gasteiger charge is 2.18. The topological polar surface area (TPSA) is 34.1 Å². The minimum absolute atomic E-state index is 0.0988. The van der Waals surface area contributed by atoms with Gasteiger partial charge in [-0.15, -0.1) is 11.3 Å². The van der Waals surface area contributed by atoms with Crippen LogP contribution < -0.4 is 5.32 Å². The van der Waals surface area contributed by atoms with Crippen molar-refractivity contribution < 1.29 is 9.13 Å². The largest absolute Gasteiger partial charge is 0.383 e. The minimum Gasteiger partial charge on any atom is -0.383 e. The quantitative estimate of drug-likeness (QED) is 0.831. The van der Waals surface area contributed by atoms with E-state index in [1.165, 1.54) is 10.9 Å². The lowest BCUT2D eigenvalue weighted by Crippen LogP contribution is -2.26. The smallest absolute Gasteiger partial charge is 0.123 e. The van der Waals surface area contributed by atoms with Crippen LogP contribution in [-0.4, -0.2) is 25.2 Å². The number of thiazole rings is 1. The van der Waals surface area contributed by atoms with Crippen LogP contribution in [0.1, 0.15) is 27.2 Å². The van der Waals surface area contributed by atoms with Crippen molar-refractivity contribution in [2.45, 2.75) is 19.9 Å². The van der Waals surface area contributed by atoms with Crippen molar-refractivity contribution in [2.75, 3.05) is 20.3 Å². The van der Waals surface area contributed by atoms with Gasteiger partial charge < -0.3 is 10.1 Å². The summed E-state index contributed by atoms with van der Waals surface area (Å²) in [6.45, 7) is 5.34. The van der Waals surface area contributed by atoms with Gasteiger partial charge in [0.25, 0.3) is 0 Å². The Bertz CT molecular complexity index is 551. The van der Waals surface area contributed by atoms with Crippen LogP contribution in [0.15, 0.2) is 24.3 Å². The van der Waals surface area contributed by atoms with E-state index in [2.05, 4.69) is 10.3 Å². The van der Waals surface area contributed by atoms with Crippen LogP contribution >= 0.6 is 11.3 Å². The van der Waals surface area contributed by atoms with E-state index in [0.717, 1.165) is 16.3 Å². The number of ether oxygens (including phenoxy) is 1. The van der Waals surface area contributed by atoms with E-state index in [1.807, 2.05) is 19.9 Å². The molecule has 0 radical (unpaired) electrons. The van der Waals surface area contributed by atoms with E-state index in [0.29, 0.717) is 13.2 Å². The fourth-order valence-electron chi connectivity index (χ4n) is 1.96. The first-order valence-corrected chi connectivity index (χ1v) is 7.35. The van der Waals surface area contributed by atoms with Crippen LogP contribution in [-0.2, 0) is 4.74 Å². The predicted octanol–water partition coefficient (Wildman–Crippen LogP) is 3.22. The van der Waals surface area contributed by atoms with Gasteiger partial charge in [0.2, 0.25) is 0 Å². The van der Waals surface area contributed by atoms with Crippen molar-refractivity contribution in [3.63, 3.8) is 0 Å². The number of methoxy groups -OCH3 is 1. The van der Waals surface area contributed by atoms with E-state index in [-0.39, 0.29) is 11.9 Å². The first-order valence-electron chi connectivity index (χ1n) is 6.53. The van der Waals surface area contributed by atoms with Gasteiger partial charge in [-0.1, -0.05) is 12.1 Å². The second-order valence-electron chi connectivity index (χ2n) is 4.63. The zero-order chi connectivity index (χ0) is 14.5. The fraction of sp³-hybridized carbons (Fsp3) is 0.400. The molecule has 0 bridgehead atoms. The maximum atomic E-state index is 13.4. The Morgan fingerprint density at radius 2 is 2.20 bits per heavy atom. The summed E-state index contributed by atoms with van der Waals surface area (Å²) in [5.74, 6) is -0.231. The highest BCUT2D eigenvalue weighted by molar-refractivity contribution is 7.11. The molecule has 2 rings (SSSR count). The van der Waals surface area contributed by atoms with Crippen LogP contribution in [0.4, 0.5) is 4.39 Å². The molecule has 1 N–H and O–H groups in total. The molecule has 20 heavy (non-hydrogen) atoms. The predicted molar refractivity (Wildman–Crippen MR) is 79.7 cm³/mol. The van der Waals surface area contributed by atoms with E-state index in [9.17, 15) is 4.39 Å². The number of aromatic nitrogens is 1. The molecule has 1 atom stereocenters. The molecule has 1 unspecified atom stereocenters. The normalized spacial score (nSPS) is 12.6. The SMILES string of the molecule is COCCNC(c1cccc(F)c1)c1nc(C)c(C)s1. The van der Waals surface area contributed by atoms with Gasteiger partial charge in [0, 0.05) is 18.5 Å². The summed E-state index contributed by atoms with van der Waals surface area (Å²) in [6, 6.07) is 6.55. The van der Waals surface area contributed by atoms with E-state index in [1.54, 1.807) is 30.6 Å². The molecule has 0 spiro atoms. The molecule has 0 amide bonds.